The van der Waals surface area contributed by atoms with Crippen molar-refractivity contribution in [2.45, 2.75) is 19.4 Å². The molecule has 0 bridgehead atoms. The van der Waals surface area contributed by atoms with E-state index in [-0.39, 0.29) is 0 Å². The van der Waals surface area contributed by atoms with Crippen LogP contribution in [-0.2, 0) is 19.1 Å². The van der Waals surface area contributed by atoms with Crippen molar-refractivity contribution in [3.63, 3.8) is 0 Å². The first-order valence-electron chi connectivity index (χ1n) is 3.29. The Labute approximate surface area is 64.5 Å². The van der Waals surface area contributed by atoms with Crippen molar-refractivity contribution in [2.75, 3.05) is 7.11 Å². The second kappa shape index (κ2) is 2.22. The lowest BCUT2D eigenvalue weighted by Gasteiger charge is -2.40. The van der Waals surface area contributed by atoms with Gasteiger partial charge in [-0.2, -0.15) is 0 Å². The zero-order valence-corrected chi connectivity index (χ0v) is 6.71. The van der Waals surface area contributed by atoms with Crippen LogP contribution in [0.2, 0.25) is 0 Å². The zero-order chi connectivity index (χ0) is 8.65. The molecule has 0 amide bonds. The van der Waals surface area contributed by atoms with Crippen LogP contribution >= 0.6 is 0 Å². The molecule has 11 heavy (non-hydrogen) atoms. The predicted molar refractivity (Wildman–Crippen MR) is 35.7 cm³/mol. The van der Waals surface area contributed by atoms with Crippen molar-refractivity contribution in [1.29, 1.82) is 0 Å². The van der Waals surface area contributed by atoms with Crippen molar-refractivity contribution in [2.24, 2.45) is 5.92 Å². The van der Waals surface area contributed by atoms with Gasteiger partial charge in [0.05, 0.1) is 7.11 Å². The summed E-state index contributed by atoms with van der Waals surface area (Å²) in [6.45, 7) is 3.35. The smallest absolute Gasteiger partial charge is 0.325 e. The summed E-state index contributed by atoms with van der Waals surface area (Å²) in [5, 5.41) is 0. The number of rotatable bonds is 1. The Morgan fingerprint density at radius 3 is 2.36 bits per heavy atom. The number of esters is 2. The summed E-state index contributed by atoms with van der Waals surface area (Å²) < 4.78 is 9.14. The van der Waals surface area contributed by atoms with E-state index in [4.69, 9.17) is 4.74 Å². The predicted octanol–water partition coefficient (Wildman–Crippen LogP) is 0.111. The largest absolute Gasteiger partial charge is 0.468 e. The number of hydrogen-bond donors (Lipinski definition) is 0. The second-order valence-electron chi connectivity index (χ2n) is 2.98. The molecule has 0 aliphatic carbocycles. The van der Waals surface area contributed by atoms with Gasteiger partial charge in [0, 0.05) is 0 Å². The van der Waals surface area contributed by atoms with Gasteiger partial charge in [-0.3, -0.25) is 9.59 Å². The van der Waals surface area contributed by atoms with E-state index in [1.165, 1.54) is 7.11 Å². The number of hydrogen-bond acceptors (Lipinski definition) is 4. The quantitative estimate of drug-likeness (QED) is 0.401. The summed E-state index contributed by atoms with van der Waals surface area (Å²) in [5.41, 5.74) is -0.690. The van der Waals surface area contributed by atoms with Crippen LogP contribution in [0.3, 0.4) is 0 Å². The van der Waals surface area contributed by atoms with Gasteiger partial charge in [0.2, 0.25) is 0 Å². The van der Waals surface area contributed by atoms with Gasteiger partial charge in [0.1, 0.15) is 5.60 Å². The topological polar surface area (TPSA) is 52.6 Å². The van der Waals surface area contributed by atoms with E-state index < -0.39 is 23.5 Å². The fourth-order valence-electron chi connectivity index (χ4n) is 1.10. The summed E-state index contributed by atoms with van der Waals surface area (Å²) in [5.74, 6) is -1.76. The molecule has 1 aliphatic rings. The van der Waals surface area contributed by atoms with Crippen LogP contribution in [0.4, 0.5) is 0 Å². The summed E-state index contributed by atoms with van der Waals surface area (Å²) >= 11 is 0. The number of carbonyl (C=O) groups excluding carboxylic acids is 2. The Kier molecular flexibility index (Phi) is 1.62. The fraction of sp³-hybridized carbons (Fsp3) is 0.714. The van der Waals surface area contributed by atoms with E-state index in [2.05, 4.69) is 4.74 Å². The Bertz CT molecular complexity index is 206. The molecule has 1 heterocycles. The number of methoxy groups -OCH3 is 1. The van der Waals surface area contributed by atoms with Crippen molar-refractivity contribution >= 4 is 11.9 Å². The molecule has 4 heteroatoms. The third-order valence-corrected chi connectivity index (χ3v) is 1.73. The Morgan fingerprint density at radius 2 is 2.18 bits per heavy atom. The van der Waals surface area contributed by atoms with Gasteiger partial charge in [-0.1, -0.05) is 0 Å². The van der Waals surface area contributed by atoms with Crippen molar-refractivity contribution in [3.8, 4) is 0 Å². The Hall–Kier alpha value is -1.06. The Morgan fingerprint density at radius 1 is 1.64 bits per heavy atom. The number of ether oxygens (including phenoxy) is 2. The van der Waals surface area contributed by atoms with E-state index in [1.54, 1.807) is 13.8 Å². The molecule has 0 aromatic carbocycles. The molecular weight excluding hydrogens is 148 g/mol. The minimum absolute atomic E-state index is 0.498. The molecule has 0 radical (unpaired) electrons. The average molecular weight is 158 g/mol. The first-order chi connectivity index (χ1) is 4.99. The van der Waals surface area contributed by atoms with Gasteiger partial charge < -0.3 is 9.47 Å². The molecule has 0 N–H and O–H groups in total. The summed E-state index contributed by atoms with van der Waals surface area (Å²) in [6, 6.07) is 0. The standard InChI is InChI=1S/C7H10O4/c1-7(2)4(5(8)10-3)6(9)11-7/h4H,1-3H3/t4-/m1/s1. The highest BCUT2D eigenvalue weighted by Gasteiger charge is 2.55. The maximum Gasteiger partial charge on any atom is 0.325 e. The minimum Gasteiger partial charge on any atom is -0.468 e. The van der Waals surface area contributed by atoms with E-state index in [1.807, 2.05) is 0 Å². The van der Waals surface area contributed by atoms with Crippen LogP contribution in [0.25, 0.3) is 0 Å². The molecule has 62 valence electrons. The van der Waals surface area contributed by atoms with Crippen LogP contribution in [-0.4, -0.2) is 24.6 Å². The van der Waals surface area contributed by atoms with Crippen LogP contribution in [0, 0.1) is 5.92 Å². The summed E-state index contributed by atoms with van der Waals surface area (Å²) in [4.78, 5) is 21.6. The molecule has 1 rings (SSSR count). The van der Waals surface area contributed by atoms with Gasteiger partial charge >= 0.3 is 11.9 Å². The first-order valence-corrected chi connectivity index (χ1v) is 3.29. The van der Waals surface area contributed by atoms with E-state index in [9.17, 15) is 9.59 Å². The van der Waals surface area contributed by atoms with Crippen LogP contribution in [0.1, 0.15) is 13.8 Å². The highest BCUT2D eigenvalue weighted by molar-refractivity contribution is 6.00. The molecule has 0 saturated carbocycles. The average Bonchev–Trinajstić information content (AvgIpc) is 1.85. The molecule has 1 saturated heterocycles. The number of carbonyl (C=O) groups is 2. The molecule has 1 aliphatic heterocycles. The molecule has 1 fully saturated rings. The van der Waals surface area contributed by atoms with Crippen LogP contribution in [0.5, 0.6) is 0 Å². The van der Waals surface area contributed by atoms with Crippen LogP contribution in [0.15, 0.2) is 0 Å². The van der Waals surface area contributed by atoms with Gasteiger partial charge in [0.15, 0.2) is 5.92 Å². The number of cyclic esters (lactones) is 1. The lowest BCUT2D eigenvalue weighted by atomic mass is 9.85. The van der Waals surface area contributed by atoms with Gasteiger partial charge in [-0.15, -0.1) is 0 Å². The summed E-state index contributed by atoms with van der Waals surface area (Å²) in [7, 11) is 1.25. The van der Waals surface area contributed by atoms with Crippen molar-refractivity contribution in [1.82, 2.24) is 0 Å². The fourth-order valence-corrected chi connectivity index (χ4v) is 1.10. The Balaban J connectivity index is 2.71. The van der Waals surface area contributed by atoms with E-state index >= 15 is 0 Å². The van der Waals surface area contributed by atoms with Crippen molar-refractivity contribution < 1.29 is 19.1 Å². The highest BCUT2D eigenvalue weighted by atomic mass is 16.6. The normalized spacial score (nSPS) is 26.8. The molecule has 1 atom stereocenters. The van der Waals surface area contributed by atoms with E-state index in [0.717, 1.165) is 0 Å². The molecule has 0 aromatic rings. The van der Waals surface area contributed by atoms with E-state index in [0.29, 0.717) is 0 Å². The molecule has 0 unspecified atom stereocenters. The molecule has 0 spiro atoms. The van der Waals surface area contributed by atoms with Crippen molar-refractivity contribution in [3.05, 3.63) is 0 Å². The van der Waals surface area contributed by atoms with Crippen LogP contribution < -0.4 is 0 Å². The minimum atomic E-state index is -0.743. The molecule has 0 aromatic heterocycles. The SMILES string of the molecule is COC(=O)[C@@H]1C(=O)OC1(C)C. The second-order valence-corrected chi connectivity index (χ2v) is 2.98. The van der Waals surface area contributed by atoms with Gasteiger partial charge in [-0.25, -0.2) is 0 Å². The lowest BCUT2D eigenvalue weighted by molar-refractivity contribution is -0.211. The maximum atomic E-state index is 10.9. The summed E-state index contributed by atoms with van der Waals surface area (Å²) in [6.07, 6.45) is 0. The van der Waals surface area contributed by atoms with Gasteiger partial charge in [0.25, 0.3) is 0 Å². The molecule has 4 nitrogen and oxygen atoms in total. The lowest BCUT2D eigenvalue weighted by Crippen LogP contribution is -2.57. The monoisotopic (exact) mass is 158 g/mol. The van der Waals surface area contributed by atoms with Gasteiger partial charge in [-0.05, 0) is 13.8 Å². The maximum absolute atomic E-state index is 10.9. The first kappa shape index (κ1) is 8.04. The third-order valence-electron chi connectivity index (χ3n) is 1.73. The third kappa shape index (κ3) is 1.08. The zero-order valence-electron chi connectivity index (χ0n) is 6.71. The molecular formula is C7H10O4. The highest BCUT2D eigenvalue weighted by Crippen LogP contribution is 2.34.